The molecule has 0 aliphatic rings. The minimum Gasteiger partial charge on any atom is -0.493 e. The summed E-state index contributed by atoms with van der Waals surface area (Å²) in [5.74, 6) is 0.756. The van der Waals surface area contributed by atoms with Gasteiger partial charge in [0, 0.05) is 24.4 Å². The maximum atomic E-state index is 12.0. The highest BCUT2D eigenvalue weighted by molar-refractivity contribution is 6.32. The van der Waals surface area contributed by atoms with Gasteiger partial charge >= 0.3 is 0 Å². The van der Waals surface area contributed by atoms with Gasteiger partial charge in [-0.25, -0.2) is 4.98 Å². The first-order valence-electron chi connectivity index (χ1n) is 7.01. The van der Waals surface area contributed by atoms with Crippen LogP contribution in [0.5, 0.6) is 5.75 Å². The fourth-order valence-electron chi connectivity index (χ4n) is 2.21. The number of fused-ring (bicyclic) bond motifs is 1. The lowest BCUT2D eigenvalue weighted by atomic mass is 9.99. The summed E-state index contributed by atoms with van der Waals surface area (Å²) >= 11 is 0. The van der Waals surface area contributed by atoms with E-state index < -0.39 is 0 Å². The highest BCUT2D eigenvalue weighted by Crippen LogP contribution is 2.22. The second-order valence-corrected chi connectivity index (χ2v) is 5.01. The lowest BCUT2D eigenvalue weighted by Crippen LogP contribution is -2.03. The van der Waals surface area contributed by atoms with Crippen molar-refractivity contribution < 1.29 is 9.13 Å². The third-order valence-corrected chi connectivity index (χ3v) is 3.30. The minimum absolute atomic E-state index is 0.348. The highest BCUT2D eigenvalue weighted by atomic mass is 19.1. The van der Waals surface area contributed by atoms with Crippen LogP contribution >= 0.6 is 0 Å². The molecule has 0 atom stereocenters. The summed E-state index contributed by atoms with van der Waals surface area (Å²) < 4.78 is 19.5. The second kappa shape index (κ2) is 6.00. The summed E-state index contributed by atoms with van der Waals surface area (Å²) in [7, 11) is 2.06. The maximum Gasteiger partial charge on any atom is 0.141 e. The Kier molecular flexibility index (Phi) is 3.91. The number of halogens is 1. The molecule has 5 heteroatoms. The molecule has 0 amide bonds. The van der Waals surface area contributed by atoms with Gasteiger partial charge in [-0.2, -0.15) is 0 Å². The molecule has 0 aliphatic heterocycles. The molecule has 3 nitrogen and oxygen atoms in total. The molecule has 0 saturated heterocycles. The summed E-state index contributed by atoms with van der Waals surface area (Å²) in [4.78, 5) is 4.60. The number of pyridine rings is 1. The van der Waals surface area contributed by atoms with Crippen LogP contribution in [0, 0.1) is 0 Å². The molecule has 0 saturated carbocycles. The van der Waals surface area contributed by atoms with Crippen molar-refractivity contribution in [1.29, 1.82) is 0 Å². The molecule has 0 spiro atoms. The fourth-order valence-corrected chi connectivity index (χ4v) is 2.21. The third-order valence-electron chi connectivity index (χ3n) is 3.30. The molecule has 3 rings (SSSR count). The van der Waals surface area contributed by atoms with Crippen molar-refractivity contribution in [1.82, 2.24) is 9.38 Å². The summed E-state index contributed by atoms with van der Waals surface area (Å²) in [6, 6.07) is 11.8. The molecule has 0 unspecified atom stereocenters. The van der Waals surface area contributed by atoms with Gasteiger partial charge in [0.15, 0.2) is 0 Å². The molecule has 21 heavy (non-hydrogen) atoms. The van der Waals surface area contributed by atoms with Crippen molar-refractivity contribution in [2.75, 3.05) is 13.3 Å². The van der Waals surface area contributed by atoms with E-state index in [1.54, 1.807) is 0 Å². The number of hydrogen-bond donors (Lipinski definition) is 0. The molecule has 0 bridgehead atoms. The van der Waals surface area contributed by atoms with E-state index in [1.807, 2.05) is 47.0 Å². The van der Waals surface area contributed by atoms with Gasteiger partial charge in [0.25, 0.3) is 0 Å². The van der Waals surface area contributed by atoms with E-state index in [9.17, 15) is 4.39 Å². The van der Waals surface area contributed by atoms with E-state index in [0.717, 1.165) is 22.7 Å². The maximum absolute atomic E-state index is 12.0. The van der Waals surface area contributed by atoms with E-state index in [2.05, 4.69) is 19.0 Å². The number of ether oxygens (including phenoxy) is 1. The van der Waals surface area contributed by atoms with Gasteiger partial charge in [0.1, 0.15) is 19.2 Å². The second-order valence-electron chi connectivity index (χ2n) is 5.01. The van der Waals surface area contributed by atoms with Crippen LogP contribution in [0.2, 0.25) is 0 Å². The lowest BCUT2D eigenvalue weighted by Gasteiger charge is -2.04. The van der Waals surface area contributed by atoms with Crippen LogP contribution in [0.4, 0.5) is 4.39 Å². The molecular formula is C16H16BFN2O. The molecule has 0 aliphatic carbocycles. The molecule has 106 valence electrons. The van der Waals surface area contributed by atoms with Crippen molar-refractivity contribution in [3.63, 3.8) is 0 Å². The molecular weight excluding hydrogens is 266 g/mol. The van der Waals surface area contributed by atoms with E-state index >= 15 is 0 Å². The lowest BCUT2D eigenvalue weighted by molar-refractivity contribution is 0.289. The third kappa shape index (κ3) is 3.07. The quantitative estimate of drug-likeness (QED) is 0.528. The normalized spacial score (nSPS) is 10.9. The van der Waals surface area contributed by atoms with Crippen LogP contribution in [-0.2, 0) is 0 Å². The fraction of sp³-hybridized carbons (Fsp3) is 0.188. The molecule has 0 N–H and O–H groups in total. The van der Waals surface area contributed by atoms with Gasteiger partial charge in [-0.3, -0.25) is 4.39 Å². The zero-order valence-electron chi connectivity index (χ0n) is 11.9. The zero-order valence-corrected chi connectivity index (χ0v) is 11.9. The summed E-state index contributed by atoms with van der Waals surface area (Å²) in [5.41, 5.74) is 4.09. The first kappa shape index (κ1) is 13.7. The van der Waals surface area contributed by atoms with Crippen LogP contribution in [0.15, 0.2) is 48.8 Å². The van der Waals surface area contributed by atoms with Crippen LogP contribution in [0.3, 0.4) is 0 Å². The largest absolute Gasteiger partial charge is 0.493 e. The Hall–Kier alpha value is -2.30. The van der Waals surface area contributed by atoms with Gasteiger partial charge < -0.3 is 9.14 Å². The average Bonchev–Trinajstić information content (AvgIpc) is 2.91. The molecule has 2 aromatic heterocycles. The Morgan fingerprint density at radius 1 is 1.10 bits per heavy atom. The monoisotopic (exact) mass is 282 g/mol. The van der Waals surface area contributed by atoms with Crippen LogP contribution in [0.1, 0.15) is 6.42 Å². The van der Waals surface area contributed by atoms with Crippen LogP contribution in [0.25, 0.3) is 16.9 Å². The SMILES string of the molecule is Bc1ccc2nc(-c3ccc(OCCCF)cc3)cn2c1. The molecule has 3 aromatic rings. The number of rotatable bonds is 5. The number of hydrogen-bond acceptors (Lipinski definition) is 2. The first-order valence-corrected chi connectivity index (χ1v) is 7.01. The Balaban J connectivity index is 1.81. The Bertz CT molecular complexity index is 740. The van der Waals surface area contributed by atoms with Gasteiger partial charge in [0.05, 0.1) is 19.0 Å². The Labute approximate surface area is 123 Å². The number of alkyl halides is 1. The number of nitrogens with zero attached hydrogens (tertiary/aromatic N) is 2. The van der Waals surface area contributed by atoms with E-state index in [4.69, 9.17) is 4.74 Å². The van der Waals surface area contributed by atoms with E-state index in [-0.39, 0.29) is 6.67 Å². The van der Waals surface area contributed by atoms with Gasteiger partial charge in [-0.05, 0) is 30.3 Å². The van der Waals surface area contributed by atoms with E-state index in [0.29, 0.717) is 13.0 Å². The average molecular weight is 282 g/mol. The molecule has 0 radical (unpaired) electrons. The Morgan fingerprint density at radius 2 is 1.90 bits per heavy atom. The van der Waals surface area contributed by atoms with Crippen LogP contribution < -0.4 is 10.2 Å². The van der Waals surface area contributed by atoms with Crippen LogP contribution in [-0.4, -0.2) is 30.5 Å². The predicted octanol–water partition coefficient (Wildman–Crippen LogP) is 2.00. The van der Waals surface area contributed by atoms with Crippen molar-refractivity contribution in [2.24, 2.45) is 0 Å². The smallest absolute Gasteiger partial charge is 0.141 e. The zero-order chi connectivity index (χ0) is 14.7. The summed E-state index contributed by atoms with van der Waals surface area (Å²) in [6.07, 6.45) is 4.50. The van der Waals surface area contributed by atoms with Crippen molar-refractivity contribution in [3.8, 4) is 17.0 Å². The first-order chi connectivity index (χ1) is 10.3. The summed E-state index contributed by atoms with van der Waals surface area (Å²) in [6.45, 7) is 0.0578. The van der Waals surface area contributed by atoms with Gasteiger partial charge in [-0.1, -0.05) is 11.5 Å². The van der Waals surface area contributed by atoms with Crippen molar-refractivity contribution >= 4 is 19.0 Å². The number of imidazole rings is 1. The number of benzene rings is 1. The minimum atomic E-state index is -0.348. The molecule has 1 aromatic carbocycles. The predicted molar refractivity (Wildman–Crippen MR) is 84.9 cm³/mol. The standard InChI is InChI=1S/C16H16BFN2O/c17-13-4-7-16-19-15(11-20(16)10-13)12-2-5-14(6-3-12)21-9-1-8-18/h2-7,10-11H,1,8-9,17H2. The van der Waals surface area contributed by atoms with Crippen molar-refractivity contribution in [3.05, 3.63) is 48.8 Å². The van der Waals surface area contributed by atoms with Crippen molar-refractivity contribution in [2.45, 2.75) is 6.42 Å². The highest BCUT2D eigenvalue weighted by Gasteiger charge is 2.04. The number of aromatic nitrogens is 2. The molecule has 0 fully saturated rings. The molecule has 2 heterocycles. The van der Waals surface area contributed by atoms with E-state index in [1.165, 1.54) is 5.46 Å². The summed E-state index contributed by atoms with van der Waals surface area (Å²) in [5, 5.41) is 0. The van der Waals surface area contributed by atoms with Gasteiger partial charge in [-0.15, -0.1) is 0 Å². The van der Waals surface area contributed by atoms with Gasteiger partial charge in [0.2, 0.25) is 0 Å². The topological polar surface area (TPSA) is 26.5 Å². The Morgan fingerprint density at radius 3 is 2.67 bits per heavy atom.